The molecule has 0 amide bonds. The van der Waals surface area contributed by atoms with Gasteiger partial charge in [-0.1, -0.05) is 30.1 Å². The number of rotatable bonds is 5. The van der Waals surface area contributed by atoms with E-state index in [0.717, 1.165) is 23.0 Å². The molecule has 2 rings (SSSR count). The molecule has 2 aromatic rings. The minimum atomic E-state index is 0.567. The van der Waals surface area contributed by atoms with Crippen LogP contribution in [0, 0.1) is 6.92 Å². The molecule has 0 atom stereocenters. The molecular formula is C14H15BrCl2N4. The highest BCUT2D eigenvalue weighted by molar-refractivity contribution is 9.10. The van der Waals surface area contributed by atoms with Crippen molar-refractivity contribution >= 4 is 56.6 Å². The fourth-order valence-electron chi connectivity index (χ4n) is 1.65. The fourth-order valence-corrected chi connectivity index (χ4v) is 2.37. The van der Waals surface area contributed by atoms with Crippen molar-refractivity contribution in [1.82, 2.24) is 9.97 Å². The molecule has 0 saturated carbocycles. The second kappa shape index (κ2) is 7.29. The Kier molecular flexibility index (Phi) is 5.67. The Morgan fingerprint density at radius 1 is 1.24 bits per heavy atom. The van der Waals surface area contributed by atoms with E-state index in [1.807, 2.05) is 13.0 Å². The summed E-state index contributed by atoms with van der Waals surface area (Å²) in [5, 5.41) is 7.55. The minimum absolute atomic E-state index is 0.567. The number of aryl methyl sites for hydroxylation is 1. The van der Waals surface area contributed by atoms with Gasteiger partial charge in [0, 0.05) is 17.8 Å². The first-order chi connectivity index (χ1) is 10.0. The van der Waals surface area contributed by atoms with E-state index in [4.69, 9.17) is 23.2 Å². The van der Waals surface area contributed by atoms with E-state index < -0.39 is 0 Å². The summed E-state index contributed by atoms with van der Waals surface area (Å²) in [5.41, 5.74) is 1.63. The smallest absolute Gasteiger partial charge is 0.224 e. The molecule has 21 heavy (non-hydrogen) atoms. The number of aromatic nitrogens is 2. The van der Waals surface area contributed by atoms with Gasteiger partial charge in [-0.15, -0.1) is 0 Å². The Labute approximate surface area is 142 Å². The first-order valence-electron chi connectivity index (χ1n) is 6.50. The van der Waals surface area contributed by atoms with Gasteiger partial charge in [0.1, 0.15) is 5.82 Å². The zero-order chi connectivity index (χ0) is 15.4. The van der Waals surface area contributed by atoms with Crippen LogP contribution in [0.2, 0.25) is 10.0 Å². The number of nitrogens with zero attached hydrogens (tertiary/aromatic N) is 2. The van der Waals surface area contributed by atoms with E-state index in [2.05, 4.69) is 43.5 Å². The van der Waals surface area contributed by atoms with Crippen LogP contribution in [0.4, 0.5) is 17.5 Å². The second-order valence-electron chi connectivity index (χ2n) is 4.52. The summed E-state index contributed by atoms with van der Waals surface area (Å²) in [4.78, 5) is 8.62. The highest BCUT2D eigenvalue weighted by atomic mass is 79.9. The van der Waals surface area contributed by atoms with Crippen LogP contribution in [0.25, 0.3) is 0 Å². The number of hydrogen-bond donors (Lipinski definition) is 2. The number of nitrogens with one attached hydrogen (secondary N) is 2. The summed E-state index contributed by atoms with van der Waals surface area (Å²) < 4.78 is 0.748. The Morgan fingerprint density at radius 2 is 2.00 bits per heavy atom. The number of hydrogen-bond acceptors (Lipinski definition) is 4. The van der Waals surface area contributed by atoms with Crippen molar-refractivity contribution in [3.63, 3.8) is 0 Å². The summed E-state index contributed by atoms with van der Waals surface area (Å²) in [6.07, 6.45) is 2.69. The molecule has 0 unspecified atom stereocenters. The summed E-state index contributed by atoms with van der Waals surface area (Å²) in [5.74, 6) is 1.20. The lowest BCUT2D eigenvalue weighted by Gasteiger charge is -2.12. The molecule has 0 spiro atoms. The molecule has 0 fully saturated rings. The SMILES string of the molecule is CCCNc1ncc(Br)c(Nc2cc(Cl)c(C)cc2Cl)n1. The maximum Gasteiger partial charge on any atom is 0.224 e. The Hall–Kier alpha value is -1.04. The fraction of sp³-hybridized carbons (Fsp3) is 0.286. The van der Waals surface area contributed by atoms with Crippen LogP contribution in [-0.2, 0) is 0 Å². The summed E-state index contributed by atoms with van der Waals surface area (Å²) in [7, 11) is 0. The number of halogens is 3. The van der Waals surface area contributed by atoms with Crippen LogP contribution in [0.1, 0.15) is 18.9 Å². The monoisotopic (exact) mass is 388 g/mol. The van der Waals surface area contributed by atoms with Gasteiger partial charge in [-0.2, -0.15) is 4.98 Å². The minimum Gasteiger partial charge on any atom is -0.354 e. The van der Waals surface area contributed by atoms with E-state index in [1.54, 1.807) is 12.3 Å². The van der Waals surface area contributed by atoms with Gasteiger partial charge in [0.15, 0.2) is 0 Å². The first kappa shape index (κ1) is 16.3. The van der Waals surface area contributed by atoms with Gasteiger partial charge in [-0.3, -0.25) is 0 Å². The van der Waals surface area contributed by atoms with E-state index in [-0.39, 0.29) is 0 Å². The normalized spacial score (nSPS) is 10.5. The van der Waals surface area contributed by atoms with E-state index in [0.29, 0.717) is 27.5 Å². The van der Waals surface area contributed by atoms with E-state index >= 15 is 0 Å². The quantitative estimate of drug-likeness (QED) is 0.716. The second-order valence-corrected chi connectivity index (χ2v) is 6.19. The molecule has 0 saturated heterocycles. The molecule has 112 valence electrons. The van der Waals surface area contributed by atoms with Crippen LogP contribution in [-0.4, -0.2) is 16.5 Å². The Morgan fingerprint density at radius 3 is 2.71 bits per heavy atom. The number of anilines is 3. The maximum atomic E-state index is 6.23. The van der Waals surface area contributed by atoms with Gasteiger partial charge in [-0.05, 0) is 47.0 Å². The zero-order valence-electron chi connectivity index (χ0n) is 11.7. The summed E-state index contributed by atoms with van der Waals surface area (Å²) >= 11 is 15.8. The van der Waals surface area contributed by atoms with Crippen molar-refractivity contribution in [2.24, 2.45) is 0 Å². The van der Waals surface area contributed by atoms with Crippen LogP contribution >= 0.6 is 39.1 Å². The van der Waals surface area contributed by atoms with Crippen molar-refractivity contribution in [1.29, 1.82) is 0 Å². The molecule has 0 radical (unpaired) electrons. The summed E-state index contributed by atoms with van der Waals surface area (Å²) in [6.45, 7) is 4.81. The van der Waals surface area contributed by atoms with Crippen molar-refractivity contribution < 1.29 is 0 Å². The molecule has 7 heteroatoms. The molecule has 0 aliphatic rings. The molecule has 0 aliphatic heterocycles. The van der Waals surface area contributed by atoms with Gasteiger partial charge < -0.3 is 10.6 Å². The molecule has 1 aromatic heterocycles. The first-order valence-corrected chi connectivity index (χ1v) is 8.05. The molecule has 2 N–H and O–H groups in total. The largest absolute Gasteiger partial charge is 0.354 e. The van der Waals surface area contributed by atoms with Crippen LogP contribution in [0.15, 0.2) is 22.8 Å². The third kappa shape index (κ3) is 4.22. The van der Waals surface area contributed by atoms with Crippen molar-refractivity contribution in [2.45, 2.75) is 20.3 Å². The van der Waals surface area contributed by atoms with Gasteiger partial charge in [0.05, 0.1) is 15.2 Å². The lowest BCUT2D eigenvalue weighted by atomic mass is 10.2. The molecule has 1 heterocycles. The van der Waals surface area contributed by atoms with E-state index in [9.17, 15) is 0 Å². The molecule has 0 bridgehead atoms. The molecule has 1 aromatic carbocycles. The lowest BCUT2D eigenvalue weighted by molar-refractivity contribution is 0.952. The van der Waals surface area contributed by atoms with Crippen molar-refractivity contribution in [3.05, 3.63) is 38.4 Å². The van der Waals surface area contributed by atoms with Gasteiger partial charge >= 0.3 is 0 Å². The van der Waals surface area contributed by atoms with Crippen LogP contribution < -0.4 is 10.6 Å². The van der Waals surface area contributed by atoms with Crippen molar-refractivity contribution in [3.8, 4) is 0 Å². The third-order valence-electron chi connectivity index (χ3n) is 2.78. The van der Waals surface area contributed by atoms with E-state index in [1.165, 1.54) is 0 Å². The van der Waals surface area contributed by atoms with Gasteiger partial charge in [0.25, 0.3) is 0 Å². The van der Waals surface area contributed by atoms with Gasteiger partial charge in [-0.25, -0.2) is 4.98 Å². The number of benzene rings is 1. The predicted octanol–water partition coefficient (Wildman–Crippen LogP) is 5.42. The average Bonchev–Trinajstić information content (AvgIpc) is 2.45. The third-order valence-corrected chi connectivity index (χ3v) is 4.08. The topological polar surface area (TPSA) is 49.8 Å². The van der Waals surface area contributed by atoms with Gasteiger partial charge in [0.2, 0.25) is 5.95 Å². The predicted molar refractivity (Wildman–Crippen MR) is 93.0 cm³/mol. The summed E-state index contributed by atoms with van der Waals surface area (Å²) in [6, 6.07) is 3.60. The Bertz CT molecular complexity index is 649. The average molecular weight is 390 g/mol. The lowest BCUT2D eigenvalue weighted by Crippen LogP contribution is -2.06. The van der Waals surface area contributed by atoms with Crippen LogP contribution in [0.5, 0.6) is 0 Å². The maximum absolute atomic E-state index is 6.23. The van der Waals surface area contributed by atoms with Crippen molar-refractivity contribution in [2.75, 3.05) is 17.2 Å². The Balaban J connectivity index is 2.28. The van der Waals surface area contributed by atoms with Crippen LogP contribution in [0.3, 0.4) is 0 Å². The zero-order valence-corrected chi connectivity index (χ0v) is 14.8. The molecule has 4 nitrogen and oxygen atoms in total. The highest BCUT2D eigenvalue weighted by Gasteiger charge is 2.09. The molecular weight excluding hydrogens is 375 g/mol. The molecule has 0 aliphatic carbocycles. The highest BCUT2D eigenvalue weighted by Crippen LogP contribution is 2.32. The standard InChI is InChI=1S/C14H15BrCl2N4/c1-3-4-18-14-19-7-9(15)13(21-14)20-12-6-10(16)8(2)5-11(12)17/h5-7H,3-4H2,1-2H3,(H2,18,19,20,21).